The van der Waals surface area contributed by atoms with Gasteiger partial charge >= 0.3 is 0 Å². The molecule has 0 atom stereocenters. The van der Waals surface area contributed by atoms with Gasteiger partial charge in [0.2, 0.25) is 0 Å². The molecule has 0 fully saturated rings. The summed E-state index contributed by atoms with van der Waals surface area (Å²) in [5.41, 5.74) is 2.58. The number of thiophene rings is 1. The third kappa shape index (κ3) is 2.21. The van der Waals surface area contributed by atoms with Gasteiger partial charge in [-0.1, -0.05) is 0 Å². The summed E-state index contributed by atoms with van der Waals surface area (Å²) >= 11 is 1.71. The number of hydrogen-bond donors (Lipinski definition) is 1. The number of nitrogens with one attached hydrogen (secondary N) is 1. The van der Waals surface area contributed by atoms with Crippen molar-refractivity contribution in [3.63, 3.8) is 0 Å². The van der Waals surface area contributed by atoms with E-state index in [0.717, 1.165) is 12.4 Å². The molecule has 2 rings (SSSR count). The average Bonchev–Trinajstić information content (AvgIpc) is 2.80. The van der Waals surface area contributed by atoms with Crippen LogP contribution in [0.15, 0.2) is 10.8 Å². The molecule has 2 heterocycles. The first-order valence-corrected chi connectivity index (χ1v) is 5.67. The molecular weight excluding hydrogens is 210 g/mol. The Morgan fingerprint density at radius 1 is 1.47 bits per heavy atom. The first-order chi connectivity index (χ1) is 7.31. The Morgan fingerprint density at radius 3 is 3.00 bits per heavy atom. The van der Waals surface area contributed by atoms with Crippen molar-refractivity contribution in [1.82, 2.24) is 25.5 Å². The van der Waals surface area contributed by atoms with Crippen LogP contribution in [0, 0.1) is 6.92 Å². The number of hydrogen-bond acceptors (Lipinski definition) is 5. The highest BCUT2D eigenvalue weighted by atomic mass is 32.1. The summed E-state index contributed by atoms with van der Waals surface area (Å²) in [6.45, 7) is 3.55. The molecule has 0 aliphatic carbocycles. The Balaban J connectivity index is 2.17. The second-order valence-electron chi connectivity index (χ2n) is 3.36. The Labute approximate surface area is 92.1 Å². The van der Waals surface area contributed by atoms with Crippen LogP contribution in [0.5, 0.6) is 0 Å². The lowest BCUT2D eigenvalue weighted by Crippen LogP contribution is -2.14. The number of rotatable bonds is 4. The first-order valence-electron chi connectivity index (χ1n) is 4.72. The van der Waals surface area contributed by atoms with E-state index in [9.17, 15) is 0 Å². The number of tetrazole rings is 1. The van der Waals surface area contributed by atoms with Gasteiger partial charge in [0, 0.05) is 0 Å². The lowest BCUT2D eigenvalue weighted by Gasteiger charge is -2.03. The molecular formula is C9H13N5S. The van der Waals surface area contributed by atoms with Crippen LogP contribution >= 0.6 is 11.3 Å². The van der Waals surface area contributed by atoms with Crippen LogP contribution < -0.4 is 5.32 Å². The van der Waals surface area contributed by atoms with Gasteiger partial charge in [-0.15, -0.1) is 5.10 Å². The molecule has 15 heavy (non-hydrogen) atoms. The molecule has 0 aliphatic rings. The molecule has 5 nitrogen and oxygen atoms in total. The van der Waals surface area contributed by atoms with Crippen LogP contribution in [0.2, 0.25) is 0 Å². The van der Waals surface area contributed by atoms with E-state index in [1.807, 2.05) is 11.7 Å². The molecule has 0 bridgehead atoms. The Bertz CT molecular complexity index is 433. The molecule has 2 aromatic rings. The number of nitrogens with zero attached hydrogens (tertiary/aromatic N) is 4. The van der Waals surface area contributed by atoms with Crippen molar-refractivity contribution in [2.45, 2.75) is 20.0 Å². The van der Waals surface area contributed by atoms with E-state index in [0.29, 0.717) is 6.54 Å². The lowest BCUT2D eigenvalue weighted by atomic mass is 10.2. The fourth-order valence-electron chi connectivity index (χ4n) is 1.34. The van der Waals surface area contributed by atoms with Crippen molar-refractivity contribution in [1.29, 1.82) is 0 Å². The molecule has 2 aromatic heterocycles. The van der Waals surface area contributed by atoms with Gasteiger partial charge in [-0.3, -0.25) is 0 Å². The van der Waals surface area contributed by atoms with Gasteiger partial charge in [0.15, 0.2) is 5.82 Å². The zero-order valence-electron chi connectivity index (χ0n) is 8.77. The van der Waals surface area contributed by atoms with Crippen molar-refractivity contribution >= 4 is 11.3 Å². The van der Waals surface area contributed by atoms with Crippen LogP contribution in [0.3, 0.4) is 0 Å². The van der Waals surface area contributed by atoms with Crippen molar-refractivity contribution in [2.75, 3.05) is 7.05 Å². The van der Waals surface area contributed by atoms with Crippen molar-refractivity contribution < 1.29 is 0 Å². The largest absolute Gasteiger partial charge is 0.313 e. The number of aryl methyl sites for hydroxylation is 1. The maximum absolute atomic E-state index is 3.97. The normalized spacial score (nSPS) is 10.8. The Kier molecular flexibility index (Phi) is 3.08. The average molecular weight is 223 g/mol. The second-order valence-corrected chi connectivity index (χ2v) is 4.11. The fraction of sp³-hybridized carbons (Fsp3) is 0.444. The highest BCUT2D eigenvalue weighted by molar-refractivity contribution is 7.08. The summed E-state index contributed by atoms with van der Waals surface area (Å²) in [7, 11) is 1.88. The van der Waals surface area contributed by atoms with Gasteiger partial charge in [0.25, 0.3) is 0 Å². The smallest absolute Gasteiger partial charge is 0.165 e. The maximum Gasteiger partial charge on any atom is 0.165 e. The van der Waals surface area contributed by atoms with Crippen molar-refractivity contribution in [3.8, 4) is 0 Å². The molecule has 80 valence electrons. The van der Waals surface area contributed by atoms with Crippen LogP contribution in [-0.2, 0) is 13.1 Å². The van der Waals surface area contributed by atoms with Crippen LogP contribution in [0.25, 0.3) is 0 Å². The van der Waals surface area contributed by atoms with Crippen LogP contribution in [0.1, 0.15) is 17.0 Å². The monoisotopic (exact) mass is 223 g/mol. The van der Waals surface area contributed by atoms with Crippen molar-refractivity contribution in [3.05, 3.63) is 27.7 Å². The summed E-state index contributed by atoms with van der Waals surface area (Å²) < 4.78 is 1.82. The van der Waals surface area contributed by atoms with E-state index in [4.69, 9.17) is 0 Å². The van der Waals surface area contributed by atoms with Gasteiger partial charge in [-0.05, 0) is 46.3 Å². The van der Waals surface area contributed by atoms with Gasteiger partial charge < -0.3 is 5.32 Å². The predicted octanol–water partition coefficient (Wildman–Crippen LogP) is 0.811. The van der Waals surface area contributed by atoms with E-state index in [-0.39, 0.29) is 0 Å². The topological polar surface area (TPSA) is 55.6 Å². The van der Waals surface area contributed by atoms with Gasteiger partial charge in [-0.2, -0.15) is 11.3 Å². The number of aromatic nitrogens is 4. The SMILES string of the molecule is CNCc1nnnn1Cc1cscc1C. The molecule has 0 saturated heterocycles. The summed E-state index contributed by atoms with van der Waals surface area (Å²) in [6.07, 6.45) is 0. The fourth-order valence-corrected chi connectivity index (χ4v) is 2.19. The van der Waals surface area contributed by atoms with Gasteiger partial charge in [0.05, 0.1) is 13.1 Å². The Morgan fingerprint density at radius 2 is 2.33 bits per heavy atom. The van der Waals surface area contributed by atoms with Gasteiger partial charge in [-0.25, -0.2) is 4.68 Å². The highest BCUT2D eigenvalue weighted by Gasteiger charge is 2.07. The molecule has 0 amide bonds. The molecule has 0 spiro atoms. The Hall–Kier alpha value is -1.27. The van der Waals surface area contributed by atoms with E-state index in [1.165, 1.54) is 11.1 Å². The van der Waals surface area contributed by atoms with E-state index >= 15 is 0 Å². The molecule has 0 radical (unpaired) electrons. The van der Waals surface area contributed by atoms with E-state index in [2.05, 4.69) is 38.5 Å². The molecule has 0 unspecified atom stereocenters. The zero-order valence-corrected chi connectivity index (χ0v) is 9.58. The summed E-state index contributed by atoms with van der Waals surface area (Å²) in [6, 6.07) is 0. The summed E-state index contributed by atoms with van der Waals surface area (Å²) in [5.74, 6) is 0.864. The second kappa shape index (κ2) is 4.50. The minimum absolute atomic E-state index is 0.691. The minimum Gasteiger partial charge on any atom is -0.313 e. The molecule has 0 aliphatic heterocycles. The van der Waals surface area contributed by atoms with Crippen LogP contribution in [-0.4, -0.2) is 27.3 Å². The third-order valence-electron chi connectivity index (χ3n) is 2.22. The molecule has 6 heteroatoms. The van der Waals surface area contributed by atoms with E-state index < -0.39 is 0 Å². The molecule has 0 aromatic carbocycles. The molecule has 0 saturated carbocycles. The molecule has 1 N–H and O–H groups in total. The standard InChI is InChI=1S/C9H13N5S/c1-7-5-15-6-8(7)4-14-9(3-10-2)11-12-13-14/h5-6,10H,3-4H2,1-2H3. The predicted molar refractivity (Wildman–Crippen MR) is 58.7 cm³/mol. The maximum atomic E-state index is 3.97. The van der Waals surface area contributed by atoms with E-state index in [1.54, 1.807) is 11.3 Å². The highest BCUT2D eigenvalue weighted by Crippen LogP contribution is 2.14. The minimum atomic E-state index is 0.691. The quantitative estimate of drug-likeness (QED) is 0.833. The first kappa shape index (κ1) is 10.3. The third-order valence-corrected chi connectivity index (χ3v) is 3.13. The zero-order chi connectivity index (χ0) is 10.7. The van der Waals surface area contributed by atoms with Crippen molar-refractivity contribution in [2.24, 2.45) is 0 Å². The lowest BCUT2D eigenvalue weighted by molar-refractivity contribution is 0.600. The van der Waals surface area contributed by atoms with Gasteiger partial charge in [0.1, 0.15) is 0 Å². The summed E-state index contributed by atoms with van der Waals surface area (Å²) in [5, 5.41) is 18.9. The van der Waals surface area contributed by atoms with Crippen LogP contribution in [0.4, 0.5) is 0 Å². The summed E-state index contributed by atoms with van der Waals surface area (Å²) in [4.78, 5) is 0.